The highest BCUT2D eigenvalue weighted by Gasteiger charge is 2.16. The lowest BCUT2D eigenvalue weighted by Crippen LogP contribution is -2.23. The largest absolute Gasteiger partial charge is 0.456 e. The summed E-state index contributed by atoms with van der Waals surface area (Å²) in [6.07, 6.45) is 0. The van der Waals surface area contributed by atoms with Gasteiger partial charge in [-0.25, -0.2) is 4.79 Å². The number of hydrogen-bond acceptors (Lipinski definition) is 2. The van der Waals surface area contributed by atoms with Gasteiger partial charge in [-0.05, 0) is 32.9 Å². The zero-order valence-corrected chi connectivity index (χ0v) is 10.2. The first-order valence-electron chi connectivity index (χ1n) is 5.27. The van der Waals surface area contributed by atoms with E-state index in [0.29, 0.717) is 5.56 Å². The Kier molecular flexibility index (Phi) is 5.68. The Hall–Kier alpha value is -1.31. The van der Waals surface area contributed by atoms with E-state index in [1.807, 2.05) is 52.8 Å². The van der Waals surface area contributed by atoms with Crippen molar-refractivity contribution in [3.05, 3.63) is 35.9 Å². The Labute approximate surface area is 92.3 Å². The highest BCUT2D eigenvalue weighted by Crippen LogP contribution is 2.11. The quantitative estimate of drug-likeness (QED) is 0.658. The third-order valence-corrected chi connectivity index (χ3v) is 1.41. The van der Waals surface area contributed by atoms with E-state index < -0.39 is 5.60 Å². The summed E-state index contributed by atoms with van der Waals surface area (Å²) in [5.41, 5.74) is 0.171. The minimum Gasteiger partial charge on any atom is -0.456 e. The highest BCUT2D eigenvalue weighted by molar-refractivity contribution is 5.89. The summed E-state index contributed by atoms with van der Waals surface area (Å²) in [4.78, 5) is 11.4. The van der Waals surface area contributed by atoms with Crippen LogP contribution in [0.4, 0.5) is 0 Å². The van der Waals surface area contributed by atoms with Gasteiger partial charge in [0.05, 0.1) is 5.56 Å². The minimum atomic E-state index is -0.424. The molecule has 0 radical (unpaired) electrons. The predicted octanol–water partition coefficient (Wildman–Crippen LogP) is 3.67. The fourth-order valence-corrected chi connectivity index (χ4v) is 0.911. The van der Waals surface area contributed by atoms with Gasteiger partial charge >= 0.3 is 5.97 Å². The van der Waals surface area contributed by atoms with Crippen molar-refractivity contribution in [2.24, 2.45) is 0 Å². The number of carbonyl (C=O) groups is 1. The van der Waals surface area contributed by atoms with Crippen LogP contribution < -0.4 is 0 Å². The van der Waals surface area contributed by atoms with Crippen LogP contribution in [-0.2, 0) is 4.74 Å². The van der Waals surface area contributed by atoms with E-state index in [4.69, 9.17) is 4.74 Å². The molecule has 0 amide bonds. The van der Waals surface area contributed by atoms with E-state index in [-0.39, 0.29) is 5.97 Å². The van der Waals surface area contributed by atoms with Gasteiger partial charge in [-0.1, -0.05) is 32.0 Å². The summed E-state index contributed by atoms with van der Waals surface area (Å²) in [7, 11) is 0. The van der Waals surface area contributed by atoms with Crippen molar-refractivity contribution in [1.82, 2.24) is 0 Å². The van der Waals surface area contributed by atoms with Gasteiger partial charge in [-0.3, -0.25) is 0 Å². The molecule has 0 aliphatic heterocycles. The van der Waals surface area contributed by atoms with Gasteiger partial charge in [0.2, 0.25) is 0 Å². The van der Waals surface area contributed by atoms with Gasteiger partial charge in [-0.15, -0.1) is 0 Å². The standard InChI is InChI=1S/C11H14O2.C2H6/c1-11(2,3)13-10(12)9-7-5-4-6-8-9;1-2/h4-8H,1-3H3;1-2H3. The molecule has 0 N–H and O–H groups in total. The van der Waals surface area contributed by atoms with Crippen molar-refractivity contribution in [3.8, 4) is 0 Å². The van der Waals surface area contributed by atoms with Gasteiger partial charge in [-0.2, -0.15) is 0 Å². The average Bonchev–Trinajstić information content (AvgIpc) is 2.20. The number of hydrogen-bond donors (Lipinski definition) is 0. The maximum Gasteiger partial charge on any atom is 0.338 e. The van der Waals surface area contributed by atoms with Crippen LogP contribution in [0.5, 0.6) is 0 Å². The summed E-state index contributed by atoms with van der Waals surface area (Å²) >= 11 is 0. The molecule has 0 aromatic heterocycles. The molecule has 0 atom stereocenters. The van der Waals surface area contributed by atoms with Crippen molar-refractivity contribution in [3.63, 3.8) is 0 Å². The molecule has 2 nitrogen and oxygen atoms in total. The molecule has 0 bridgehead atoms. The number of benzene rings is 1. The van der Waals surface area contributed by atoms with E-state index in [9.17, 15) is 4.79 Å². The van der Waals surface area contributed by atoms with Crippen molar-refractivity contribution < 1.29 is 9.53 Å². The number of rotatable bonds is 1. The maximum absolute atomic E-state index is 11.4. The molecule has 0 spiro atoms. The molecule has 0 aliphatic carbocycles. The lowest BCUT2D eigenvalue weighted by Gasteiger charge is -2.19. The molecule has 0 fully saturated rings. The zero-order chi connectivity index (χ0) is 11.9. The molecule has 0 heterocycles. The first-order chi connectivity index (χ1) is 6.99. The lowest BCUT2D eigenvalue weighted by molar-refractivity contribution is 0.00696. The zero-order valence-electron chi connectivity index (χ0n) is 10.2. The number of ether oxygens (including phenoxy) is 1. The minimum absolute atomic E-state index is 0.270. The fraction of sp³-hybridized carbons (Fsp3) is 0.462. The van der Waals surface area contributed by atoms with Gasteiger partial charge in [0.1, 0.15) is 5.60 Å². The molecule has 0 saturated heterocycles. The molecule has 15 heavy (non-hydrogen) atoms. The van der Waals surface area contributed by atoms with Crippen molar-refractivity contribution in [1.29, 1.82) is 0 Å². The van der Waals surface area contributed by atoms with Crippen molar-refractivity contribution >= 4 is 5.97 Å². The topological polar surface area (TPSA) is 26.3 Å². The second-order valence-corrected chi connectivity index (χ2v) is 3.87. The highest BCUT2D eigenvalue weighted by atomic mass is 16.6. The number of esters is 1. The van der Waals surface area contributed by atoms with Crippen LogP contribution in [0.3, 0.4) is 0 Å². The Bertz CT molecular complexity index is 283. The van der Waals surface area contributed by atoms with Crippen LogP contribution in [0.1, 0.15) is 45.0 Å². The van der Waals surface area contributed by atoms with E-state index in [2.05, 4.69) is 0 Å². The maximum atomic E-state index is 11.4. The van der Waals surface area contributed by atoms with Crippen LogP contribution in [0, 0.1) is 0 Å². The van der Waals surface area contributed by atoms with E-state index >= 15 is 0 Å². The van der Waals surface area contributed by atoms with Gasteiger partial charge in [0.25, 0.3) is 0 Å². The summed E-state index contributed by atoms with van der Waals surface area (Å²) in [6.45, 7) is 9.57. The number of carbonyl (C=O) groups excluding carboxylic acids is 1. The van der Waals surface area contributed by atoms with Gasteiger partial charge < -0.3 is 4.74 Å². The first-order valence-corrected chi connectivity index (χ1v) is 5.27. The SMILES string of the molecule is CC.CC(C)(C)OC(=O)c1ccccc1. The smallest absolute Gasteiger partial charge is 0.338 e. The lowest BCUT2D eigenvalue weighted by atomic mass is 10.2. The molecule has 2 heteroatoms. The predicted molar refractivity (Wildman–Crippen MR) is 63.0 cm³/mol. The molecular formula is C13H20O2. The van der Waals surface area contributed by atoms with E-state index in [1.165, 1.54) is 0 Å². The summed E-state index contributed by atoms with van der Waals surface area (Å²) < 4.78 is 5.18. The Morgan fingerprint density at radius 2 is 1.53 bits per heavy atom. The third kappa shape index (κ3) is 5.89. The molecule has 0 unspecified atom stereocenters. The van der Waals surface area contributed by atoms with E-state index in [0.717, 1.165) is 0 Å². The van der Waals surface area contributed by atoms with Crippen molar-refractivity contribution in [2.75, 3.05) is 0 Å². The van der Waals surface area contributed by atoms with Crippen LogP contribution in [-0.4, -0.2) is 11.6 Å². The van der Waals surface area contributed by atoms with Crippen LogP contribution in [0.2, 0.25) is 0 Å². The molecular weight excluding hydrogens is 188 g/mol. The molecule has 1 aromatic carbocycles. The second kappa shape index (κ2) is 6.23. The second-order valence-electron chi connectivity index (χ2n) is 3.87. The summed E-state index contributed by atoms with van der Waals surface area (Å²) in [5.74, 6) is -0.270. The molecule has 1 aromatic rings. The van der Waals surface area contributed by atoms with Crippen LogP contribution >= 0.6 is 0 Å². The molecule has 1 rings (SSSR count). The van der Waals surface area contributed by atoms with Crippen LogP contribution in [0.25, 0.3) is 0 Å². The first kappa shape index (κ1) is 13.7. The van der Waals surface area contributed by atoms with Gasteiger partial charge in [0.15, 0.2) is 0 Å². The summed E-state index contributed by atoms with van der Waals surface area (Å²) in [5, 5.41) is 0. The van der Waals surface area contributed by atoms with Crippen LogP contribution in [0.15, 0.2) is 30.3 Å². The molecule has 84 valence electrons. The molecule has 0 saturated carbocycles. The van der Waals surface area contributed by atoms with Crippen molar-refractivity contribution in [2.45, 2.75) is 40.2 Å². The van der Waals surface area contributed by atoms with E-state index in [1.54, 1.807) is 12.1 Å². The Morgan fingerprint density at radius 1 is 1.07 bits per heavy atom. The third-order valence-electron chi connectivity index (χ3n) is 1.41. The summed E-state index contributed by atoms with van der Waals surface area (Å²) in [6, 6.07) is 8.99. The monoisotopic (exact) mass is 208 g/mol. The van der Waals surface area contributed by atoms with Gasteiger partial charge in [0, 0.05) is 0 Å². The molecule has 0 aliphatic rings. The fourth-order valence-electron chi connectivity index (χ4n) is 0.911. The normalized spacial score (nSPS) is 9.93. The Morgan fingerprint density at radius 3 is 1.93 bits per heavy atom. The average molecular weight is 208 g/mol. The Balaban J connectivity index is 0.000000921.